The Morgan fingerprint density at radius 1 is 1.54 bits per heavy atom. The van der Waals surface area contributed by atoms with E-state index in [9.17, 15) is 0 Å². The number of aryl methyl sites for hydroxylation is 1. The van der Waals surface area contributed by atoms with Crippen LogP contribution >= 0.6 is 11.6 Å². The summed E-state index contributed by atoms with van der Waals surface area (Å²) in [5.41, 5.74) is 1.12. The fourth-order valence-electron chi connectivity index (χ4n) is 1.33. The van der Waals surface area contributed by atoms with Gasteiger partial charge in [0.25, 0.3) is 0 Å². The third-order valence-corrected chi connectivity index (χ3v) is 2.39. The van der Waals surface area contributed by atoms with Gasteiger partial charge in [-0.15, -0.1) is 11.6 Å². The number of alkyl halides is 1. The topological polar surface area (TPSA) is 17.8 Å². The minimum absolute atomic E-state index is 0.557. The van der Waals surface area contributed by atoms with Crippen LogP contribution in [0.25, 0.3) is 0 Å². The summed E-state index contributed by atoms with van der Waals surface area (Å²) in [6, 6.07) is 0. The van der Waals surface area contributed by atoms with Gasteiger partial charge in [-0.1, -0.05) is 13.8 Å². The van der Waals surface area contributed by atoms with E-state index in [-0.39, 0.29) is 0 Å². The van der Waals surface area contributed by atoms with E-state index in [1.54, 1.807) is 0 Å². The highest BCUT2D eigenvalue weighted by atomic mass is 35.5. The van der Waals surface area contributed by atoms with Crippen molar-refractivity contribution >= 4 is 11.6 Å². The molecule has 0 unspecified atom stereocenters. The Hall–Kier alpha value is -0.500. The second-order valence-electron chi connectivity index (χ2n) is 3.75. The molecule has 0 spiro atoms. The predicted molar refractivity (Wildman–Crippen MR) is 55.9 cm³/mol. The molecule has 0 saturated carbocycles. The molecule has 0 N–H and O–H groups in total. The largest absolute Gasteiger partial charge is 0.333 e. The Morgan fingerprint density at radius 2 is 2.31 bits per heavy atom. The van der Waals surface area contributed by atoms with Gasteiger partial charge >= 0.3 is 0 Å². The maximum atomic E-state index is 5.75. The molecule has 0 atom stereocenters. The van der Waals surface area contributed by atoms with E-state index in [1.807, 2.05) is 12.5 Å². The Bertz CT molecular complexity index is 243. The molecule has 1 rings (SSSR count). The number of nitrogens with zero attached hydrogens (tertiary/aromatic N) is 2. The molecule has 0 aliphatic heterocycles. The van der Waals surface area contributed by atoms with Crippen molar-refractivity contribution in [1.82, 2.24) is 9.55 Å². The Kier molecular flexibility index (Phi) is 4.29. The zero-order valence-corrected chi connectivity index (χ0v) is 9.09. The molecule has 13 heavy (non-hydrogen) atoms. The molecule has 0 bridgehead atoms. The number of hydrogen-bond acceptors (Lipinski definition) is 1. The van der Waals surface area contributed by atoms with Crippen molar-refractivity contribution in [2.24, 2.45) is 5.92 Å². The highest BCUT2D eigenvalue weighted by Crippen LogP contribution is 2.08. The molecule has 0 amide bonds. The normalized spacial score (nSPS) is 11.1. The van der Waals surface area contributed by atoms with Crippen LogP contribution in [0.2, 0.25) is 0 Å². The fraction of sp³-hybridized carbons (Fsp3) is 0.700. The lowest BCUT2D eigenvalue weighted by molar-refractivity contribution is 0.507. The molecular formula is C10H17ClN2. The van der Waals surface area contributed by atoms with Crippen LogP contribution in [0.4, 0.5) is 0 Å². The van der Waals surface area contributed by atoms with Crippen LogP contribution in [0.5, 0.6) is 0 Å². The summed E-state index contributed by atoms with van der Waals surface area (Å²) in [6.07, 6.45) is 6.16. The number of rotatable bonds is 5. The lowest BCUT2D eigenvalue weighted by Crippen LogP contribution is -2.01. The summed E-state index contributed by atoms with van der Waals surface area (Å²) in [6.45, 7) is 5.53. The van der Waals surface area contributed by atoms with Gasteiger partial charge in [0.05, 0.1) is 17.9 Å². The maximum absolute atomic E-state index is 5.75. The van der Waals surface area contributed by atoms with Gasteiger partial charge in [0.2, 0.25) is 0 Å². The van der Waals surface area contributed by atoms with Gasteiger partial charge in [0.15, 0.2) is 0 Å². The molecule has 1 heterocycles. The minimum atomic E-state index is 0.557. The average Bonchev–Trinajstić information content (AvgIpc) is 2.51. The molecule has 0 radical (unpaired) electrons. The molecule has 0 aliphatic carbocycles. The van der Waals surface area contributed by atoms with Crippen LogP contribution < -0.4 is 0 Å². The van der Waals surface area contributed by atoms with Gasteiger partial charge < -0.3 is 4.57 Å². The van der Waals surface area contributed by atoms with Gasteiger partial charge in [-0.25, -0.2) is 4.98 Å². The number of halogens is 1. The highest BCUT2D eigenvalue weighted by Gasteiger charge is 2.00. The summed E-state index contributed by atoms with van der Waals surface area (Å²) in [4.78, 5) is 4.07. The summed E-state index contributed by atoms with van der Waals surface area (Å²) in [5, 5.41) is 0. The van der Waals surface area contributed by atoms with Crippen molar-refractivity contribution in [1.29, 1.82) is 0 Å². The lowest BCUT2D eigenvalue weighted by atomic mass is 10.1. The molecule has 0 aliphatic rings. The summed E-state index contributed by atoms with van der Waals surface area (Å²) in [7, 11) is 0. The molecule has 0 aromatic carbocycles. The van der Waals surface area contributed by atoms with Crippen molar-refractivity contribution in [2.75, 3.05) is 0 Å². The van der Waals surface area contributed by atoms with E-state index in [0.717, 1.165) is 18.2 Å². The molecular weight excluding hydrogens is 184 g/mol. The zero-order chi connectivity index (χ0) is 9.68. The Balaban J connectivity index is 2.36. The first-order valence-electron chi connectivity index (χ1n) is 4.79. The predicted octanol–water partition coefficient (Wildman–Crippen LogP) is 3.06. The Labute approximate surface area is 84.9 Å². The van der Waals surface area contributed by atoms with Crippen molar-refractivity contribution in [3.05, 3.63) is 18.2 Å². The van der Waals surface area contributed by atoms with E-state index in [1.165, 1.54) is 12.8 Å². The van der Waals surface area contributed by atoms with Crippen molar-refractivity contribution in [3.63, 3.8) is 0 Å². The standard InChI is InChI=1S/C10H17ClN2/c1-9(2)4-3-5-13-8-12-7-10(13)6-11/h7-9H,3-6H2,1-2H3. The van der Waals surface area contributed by atoms with Gasteiger partial charge in [0, 0.05) is 12.7 Å². The number of hydrogen-bond donors (Lipinski definition) is 0. The molecule has 3 heteroatoms. The van der Waals surface area contributed by atoms with E-state index in [4.69, 9.17) is 11.6 Å². The van der Waals surface area contributed by atoms with E-state index >= 15 is 0 Å². The molecule has 2 nitrogen and oxygen atoms in total. The molecule has 74 valence electrons. The number of imidazole rings is 1. The second kappa shape index (κ2) is 5.28. The number of aromatic nitrogens is 2. The van der Waals surface area contributed by atoms with Crippen LogP contribution in [0.3, 0.4) is 0 Å². The summed E-state index contributed by atoms with van der Waals surface area (Å²) >= 11 is 5.75. The quantitative estimate of drug-likeness (QED) is 0.669. The van der Waals surface area contributed by atoms with Gasteiger partial charge in [-0.3, -0.25) is 0 Å². The van der Waals surface area contributed by atoms with Crippen LogP contribution in [-0.2, 0) is 12.4 Å². The first kappa shape index (κ1) is 10.6. The van der Waals surface area contributed by atoms with Crippen molar-refractivity contribution in [2.45, 2.75) is 39.1 Å². The average molecular weight is 201 g/mol. The lowest BCUT2D eigenvalue weighted by Gasteiger charge is -2.07. The van der Waals surface area contributed by atoms with Gasteiger partial charge in [0.1, 0.15) is 0 Å². The Morgan fingerprint density at radius 3 is 2.92 bits per heavy atom. The van der Waals surface area contributed by atoms with Gasteiger partial charge in [-0.2, -0.15) is 0 Å². The molecule has 0 fully saturated rings. The smallest absolute Gasteiger partial charge is 0.0948 e. The van der Waals surface area contributed by atoms with Crippen LogP contribution in [0, 0.1) is 5.92 Å². The fourth-order valence-corrected chi connectivity index (χ4v) is 1.55. The molecule has 1 aromatic heterocycles. The SMILES string of the molecule is CC(C)CCCn1cncc1CCl. The van der Waals surface area contributed by atoms with E-state index in [0.29, 0.717) is 5.88 Å². The van der Waals surface area contributed by atoms with Crippen LogP contribution in [-0.4, -0.2) is 9.55 Å². The third kappa shape index (κ3) is 3.39. The van der Waals surface area contributed by atoms with Crippen LogP contribution in [0.15, 0.2) is 12.5 Å². The monoisotopic (exact) mass is 200 g/mol. The summed E-state index contributed by atoms with van der Waals surface area (Å²) < 4.78 is 2.13. The van der Waals surface area contributed by atoms with Gasteiger partial charge in [-0.05, 0) is 18.8 Å². The maximum Gasteiger partial charge on any atom is 0.0948 e. The second-order valence-corrected chi connectivity index (χ2v) is 4.02. The van der Waals surface area contributed by atoms with Crippen molar-refractivity contribution in [3.8, 4) is 0 Å². The van der Waals surface area contributed by atoms with E-state index in [2.05, 4.69) is 23.4 Å². The first-order valence-corrected chi connectivity index (χ1v) is 5.32. The highest BCUT2D eigenvalue weighted by molar-refractivity contribution is 6.16. The third-order valence-electron chi connectivity index (χ3n) is 2.12. The summed E-state index contributed by atoms with van der Waals surface area (Å²) in [5.74, 6) is 1.34. The minimum Gasteiger partial charge on any atom is -0.333 e. The first-order chi connectivity index (χ1) is 6.24. The van der Waals surface area contributed by atoms with Crippen LogP contribution in [0.1, 0.15) is 32.4 Å². The van der Waals surface area contributed by atoms with Crippen molar-refractivity contribution < 1.29 is 0 Å². The zero-order valence-electron chi connectivity index (χ0n) is 8.33. The molecule has 0 saturated heterocycles. The molecule has 1 aromatic rings. The van der Waals surface area contributed by atoms with E-state index < -0.39 is 0 Å².